The van der Waals surface area contributed by atoms with E-state index in [2.05, 4.69) is 20.3 Å². The Morgan fingerprint density at radius 1 is 1.25 bits per heavy atom. The summed E-state index contributed by atoms with van der Waals surface area (Å²) in [7, 11) is 1.76. The van der Waals surface area contributed by atoms with E-state index in [-0.39, 0.29) is 6.01 Å². The van der Waals surface area contributed by atoms with Crippen molar-refractivity contribution in [3.63, 3.8) is 0 Å². The summed E-state index contributed by atoms with van der Waals surface area (Å²) in [6, 6.07) is 0.238. The van der Waals surface area contributed by atoms with Crippen LogP contribution >= 0.6 is 11.6 Å². The Morgan fingerprint density at radius 3 is 2.62 bits per heavy atom. The van der Waals surface area contributed by atoms with E-state index in [1.807, 2.05) is 13.8 Å². The molecule has 0 amide bonds. The monoisotopic (exact) mass is 239 g/mol. The van der Waals surface area contributed by atoms with Gasteiger partial charge in [0.1, 0.15) is 6.33 Å². The van der Waals surface area contributed by atoms with Crippen LogP contribution in [0.1, 0.15) is 11.1 Å². The largest absolute Gasteiger partial charge is 0.402 e. The highest BCUT2D eigenvalue weighted by atomic mass is 35.5. The van der Waals surface area contributed by atoms with Gasteiger partial charge in [0.25, 0.3) is 0 Å². The third kappa shape index (κ3) is 1.96. The molecule has 0 bridgehead atoms. The third-order valence-corrected chi connectivity index (χ3v) is 2.55. The molecule has 6 nitrogen and oxygen atoms in total. The Balaban J connectivity index is 2.32. The molecule has 0 aliphatic rings. The molecule has 0 saturated heterocycles. The van der Waals surface area contributed by atoms with E-state index in [9.17, 15) is 0 Å². The van der Waals surface area contributed by atoms with E-state index >= 15 is 0 Å². The quantitative estimate of drug-likeness (QED) is 0.798. The van der Waals surface area contributed by atoms with Crippen LogP contribution in [0.25, 0.3) is 0 Å². The maximum absolute atomic E-state index is 5.83. The minimum Gasteiger partial charge on any atom is -0.402 e. The first-order chi connectivity index (χ1) is 7.58. The SMILES string of the molecule is Cc1c(Cl)nnc(Oc2ncn(C)n2)c1C. The molecule has 0 aliphatic carbocycles. The second-order valence-corrected chi connectivity index (χ2v) is 3.71. The normalized spacial score (nSPS) is 10.5. The molecule has 0 saturated carbocycles. The van der Waals surface area contributed by atoms with Crippen LogP contribution in [-0.2, 0) is 7.05 Å². The molecule has 0 unspecified atom stereocenters. The topological polar surface area (TPSA) is 65.7 Å². The molecule has 2 rings (SSSR count). The molecule has 0 spiro atoms. The molecule has 0 N–H and O–H groups in total. The highest BCUT2D eigenvalue weighted by Gasteiger charge is 2.11. The Labute approximate surface area is 97.2 Å². The summed E-state index contributed by atoms with van der Waals surface area (Å²) in [6.07, 6.45) is 1.54. The van der Waals surface area contributed by atoms with Crippen LogP contribution in [0.4, 0.5) is 0 Å². The van der Waals surface area contributed by atoms with Crippen LogP contribution < -0.4 is 4.74 Å². The van der Waals surface area contributed by atoms with E-state index in [0.29, 0.717) is 11.0 Å². The molecule has 2 heterocycles. The zero-order chi connectivity index (χ0) is 11.7. The number of ether oxygens (including phenoxy) is 1. The first kappa shape index (κ1) is 10.8. The predicted octanol–water partition coefficient (Wildman–Crippen LogP) is 1.67. The Morgan fingerprint density at radius 2 is 2.00 bits per heavy atom. The van der Waals surface area contributed by atoms with Crippen molar-refractivity contribution < 1.29 is 4.74 Å². The lowest BCUT2D eigenvalue weighted by Crippen LogP contribution is -1.99. The van der Waals surface area contributed by atoms with E-state index < -0.39 is 0 Å². The van der Waals surface area contributed by atoms with E-state index in [1.165, 1.54) is 0 Å². The van der Waals surface area contributed by atoms with E-state index in [0.717, 1.165) is 11.1 Å². The second-order valence-electron chi connectivity index (χ2n) is 3.35. The number of nitrogens with zero attached hydrogens (tertiary/aromatic N) is 5. The maximum Gasteiger partial charge on any atom is 0.342 e. The number of hydrogen-bond acceptors (Lipinski definition) is 5. The molecule has 0 radical (unpaired) electrons. The first-order valence-electron chi connectivity index (χ1n) is 4.61. The summed E-state index contributed by atoms with van der Waals surface area (Å²) in [6.45, 7) is 3.71. The van der Waals surface area contributed by atoms with Crippen molar-refractivity contribution in [2.45, 2.75) is 13.8 Å². The van der Waals surface area contributed by atoms with Gasteiger partial charge in [0.2, 0.25) is 5.88 Å². The summed E-state index contributed by atoms with van der Waals surface area (Å²) < 4.78 is 6.93. The average molecular weight is 240 g/mol. The van der Waals surface area contributed by atoms with Gasteiger partial charge in [0.15, 0.2) is 5.15 Å². The van der Waals surface area contributed by atoms with Crippen molar-refractivity contribution in [3.8, 4) is 11.9 Å². The maximum atomic E-state index is 5.83. The number of rotatable bonds is 2. The van der Waals surface area contributed by atoms with Gasteiger partial charge in [-0.2, -0.15) is 4.98 Å². The molecule has 0 atom stereocenters. The summed E-state index contributed by atoms with van der Waals surface area (Å²) in [5.41, 5.74) is 1.66. The van der Waals surface area contributed by atoms with Crippen molar-refractivity contribution in [1.82, 2.24) is 25.0 Å². The fourth-order valence-electron chi connectivity index (χ4n) is 1.10. The number of halogens is 1. The molecule has 2 aromatic heterocycles. The Kier molecular flexibility index (Phi) is 2.74. The van der Waals surface area contributed by atoms with Gasteiger partial charge in [0.05, 0.1) is 0 Å². The number of aromatic nitrogens is 5. The first-order valence-corrected chi connectivity index (χ1v) is 4.98. The predicted molar refractivity (Wildman–Crippen MR) is 57.6 cm³/mol. The smallest absolute Gasteiger partial charge is 0.342 e. The molecule has 0 aromatic carbocycles. The second kappa shape index (κ2) is 4.05. The molecule has 84 valence electrons. The lowest BCUT2D eigenvalue weighted by atomic mass is 10.2. The summed E-state index contributed by atoms with van der Waals surface area (Å²) in [4.78, 5) is 3.93. The molecule has 0 fully saturated rings. The van der Waals surface area contributed by atoms with Gasteiger partial charge < -0.3 is 4.74 Å². The fraction of sp³-hybridized carbons (Fsp3) is 0.333. The van der Waals surface area contributed by atoms with Crippen LogP contribution in [0.3, 0.4) is 0 Å². The van der Waals surface area contributed by atoms with Crippen molar-refractivity contribution in [3.05, 3.63) is 22.6 Å². The number of hydrogen-bond donors (Lipinski definition) is 0. The van der Waals surface area contributed by atoms with Crippen molar-refractivity contribution >= 4 is 11.6 Å². The summed E-state index contributed by atoms with van der Waals surface area (Å²) in [5, 5.41) is 12.0. The zero-order valence-electron chi connectivity index (χ0n) is 9.10. The standard InChI is InChI=1S/C9H10ClN5O/c1-5-6(2)8(13-12-7(5)10)16-9-11-4-15(3)14-9/h4H,1-3H3. The summed E-state index contributed by atoms with van der Waals surface area (Å²) in [5.74, 6) is 0.369. The highest BCUT2D eigenvalue weighted by molar-refractivity contribution is 6.30. The van der Waals surface area contributed by atoms with Crippen molar-refractivity contribution in [2.75, 3.05) is 0 Å². The van der Waals surface area contributed by atoms with E-state index in [1.54, 1.807) is 18.1 Å². The fourth-order valence-corrected chi connectivity index (χ4v) is 1.28. The molecular formula is C9H10ClN5O. The Hall–Kier alpha value is -1.69. The van der Waals surface area contributed by atoms with Crippen molar-refractivity contribution in [2.24, 2.45) is 7.05 Å². The van der Waals surface area contributed by atoms with Crippen LogP contribution in [0.2, 0.25) is 5.15 Å². The van der Waals surface area contributed by atoms with Gasteiger partial charge in [-0.05, 0) is 19.4 Å². The van der Waals surface area contributed by atoms with Crippen LogP contribution in [0.5, 0.6) is 11.9 Å². The average Bonchev–Trinajstić information content (AvgIpc) is 2.65. The molecule has 16 heavy (non-hydrogen) atoms. The van der Waals surface area contributed by atoms with Crippen molar-refractivity contribution in [1.29, 1.82) is 0 Å². The number of aryl methyl sites for hydroxylation is 1. The lowest BCUT2D eigenvalue weighted by Gasteiger charge is -2.06. The lowest BCUT2D eigenvalue weighted by molar-refractivity contribution is 0.412. The van der Waals surface area contributed by atoms with E-state index in [4.69, 9.17) is 16.3 Å². The molecule has 7 heteroatoms. The summed E-state index contributed by atoms with van der Waals surface area (Å²) >= 11 is 5.83. The zero-order valence-corrected chi connectivity index (χ0v) is 9.86. The Bertz CT molecular complexity index is 525. The van der Waals surface area contributed by atoms with Crippen LogP contribution in [0.15, 0.2) is 6.33 Å². The van der Waals surface area contributed by atoms with Gasteiger partial charge in [-0.25, -0.2) is 0 Å². The molecule has 2 aromatic rings. The van der Waals surface area contributed by atoms with Crippen LogP contribution in [0, 0.1) is 13.8 Å². The minimum absolute atomic E-state index is 0.238. The van der Waals surface area contributed by atoms with Gasteiger partial charge in [-0.15, -0.1) is 15.3 Å². The van der Waals surface area contributed by atoms with Gasteiger partial charge >= 0.3 is 6.01 Å². The molecular weight excluding hydrogens is 230 g/mol. The van der Waals surface area contributed by atoms with Gasteiger partial charge in [0, 0.05) is 12.6 Å². The molecule has 0 aliphatic heterocycles. The minimum atomic E-state index is 0.238. The van der Waals surface area contributed by atoms with Crippen LogP contribution in [-0.4, -0.2) is 25.0 Å². The third-order valence-electron chi connectivity index (χ3n) is 2.19. The van der Waals surface area contributed by atoms with Gasteiger partial charge in [-0.1, -0.05) is 11.6 Å². The van der Waals surface area contributed by atoms with Gasteiger partial charge in [-0.3, -0.25) is 4.68 Å². The highest BCUT2D eigenvalue weighted by Crippen LogP contribution is 2.24.